The second kappa shape index (κ2) is 5.26. The molecule has 0 aliphatic heterocycles. The lowest BCUT2D eigenvalue weighted by Crippen LogP contribution is -2.56. The Labute approximate surface area is 117 Å². The van der Waals surface area contributed by atoms with E-state index in [2.05, 4.69) is 36.1 Å². The van der Waals surface area contributed by atoms with E-state index in [-0.39, 0.29) is 5.54 Å². The third kappa shape index (κ3) is 2.32. The number of likely N-dealkylation sites (N-methyl/N-ethyl adjacent to an activating group) is 1. The highest BCUT2D eigenvalue weighted by Crippen LogP contribution is 2.36. The number of fused-ring (bicyclic) bond motifs is 1. The van der Waals surface area contributed by atoms with Crippen molar-refractivity contribution in [1.82, 2.24) is 4.90 Å². The van der Waals surface area contributed by atoms with E-state index in [1.54, 1.807) is 0 Å². The lowest BCUT2D eigenvalue weighted by molar-refractivity contribution is 0.0699. The second-order valence-electron chi connectivity index (χ2n) is 6.39. The maximum Gasteiger partial charge on any atom is 0.0412 e. The van der Waals surface area contributed by atoms with E-state index in [1.807, 2.05) is 0 Å². The molecule has 0 saturated heterocycles. The van der Waals surface area contributed by atoms with Crippen LogP contribution < -0.4 is 5.73 Å². The Morgan fingerprint density at radius 3 is 2.26 bits per heavy atom. The average molecular weight is 258 g/mol. The van der Waals surface area contributed by atoms with E-state index >= 15 is 0 Å². The first kappa shape index (κ1) is 13.1. The van der Waals surface area contributed by atoms with Crippen molar-refractivity contribution in [2.24, 2.45) is 11.7 Å². The normalized spacial score (nSPS) is 21.4. The van der Waals surface area contributed by atoms with Gasteiger partial charge in [-0.05, 0) is 49.3 Å². The summed E-state index contributed by atoms with van der Waals surface area (Å²) in [5.74, 6) is 0.923. The van der Waals surface area contributed by atoms with Crippen LogP contribution in [0.3, 0.4) is 0 Å². The average Bonchev–Trinajstić information content (AvgIpc) is 2.77. The molecule has 0 amide bonds. The van der Waals surface area contributed by atoms with E-state index in [0.717, 1.165) is 31.8 Å². The van der Waals surface area contributed by atoms with Gasteiger partial charge in [-0.3, -0.25) is 4.90 Å². The highest BCUT2D eigenvalue weighted by molar-refractivity contribution is 5.36. The quantitative estimate of drug-likeness (QED) is 0.879. The molecular formula is C17H26N2. The first-order chi connectivity index (χ1) is 9.27. The minimum Gasteiger partial charge on any atom is -0.329 e. The van der Waals surface area contributed by atoms with Crippen molar-refractivity contribution in [3.63, 3.8) is 0 Å². The van der Waals surface area contributed by atoms with Crippen molar-refractivity contribution < 1.29 is 0 Å². The van der Waals surface area contributed by atoms with Gasteiger partial charge in [-0.15, -0.1) is 0 Å². The lowest BCUT2D eigenvalue weighted by Gasteiger charge is -2.43. The Bertz CT molecular complexity index is 412. The Hall–Kier alpha value is -0.860. The van der Waals surface area contributed by atoms with Crippen molar-refractivity contribution in [3.8, 4) is 0 Å². The molecule has 2 aliphatic rings. The molecule has 1 saturated carbocycles. The van der Waals surface area contributed by atoms with Crippen LogP contribution in [0.15, 0.2) is 24.3 Å². The second-order valence-corrected chi connectivity index (χ2v) is 6.39. The molecule has 0 heterocycles. The summed E-state index contributed by atoms with van der Waals surface area (Å²) in [5, 5.41) is 0. The monoisotopic (exact) mass is 258 g/mol. The van der Waals surface area contributed by atoms with E-state index in [0.29, 0.717) is 0 Å². The standard InChI is InChI=1S/C17H26N2/c1-2-19(12-14-6-5-7-14)17(13-18)10-15-8-3-4-9-16(15)11-17/h3-4,8-9,14H,2,5-7,10-13,18H2,1H3. The van der Waals surface area contributed by atoms with Crippen LogP contribution >= 0.6 is 0 Å². The molecule has 0 aromatic heterocycles. The third-order valence-corrected chi connectivity index (χ3v) is 5.29. The first-order valence-electron chi connectivity index (χ1n) is 7.79. The predicted octanol–water partition coefficient (Wildman–Crippen LogP) is 2.60. The smallest absolute Gasteiger partial charge is 0.0412 e. The van der Waals surface area contributed by atoms with Gasteiger partial charge in [0.15, 0.2) is 0 Å². The Morgan fingerprint density at radius 1 is 1.21 bits per heavy atom. The summed E-state index contributed by atoms with van der Waals surface area (Å²) in [6.45, 7) is 5.45. The van der Waals surface area contributed by atoms with Crippen LogP contribution in [-0.2, 0) is 12.8 Å². The molecule has 0 atom stereocenters. The van der Waals surface area contributed by atoms with Gasteiger partial charge in [0.1, 0.15) is 0 Å². The Morgan fingerprint density at radius 2 is 1.84 bits per heavy atom. The van der Waals surface area contributed by atoms with Crippen LogP contribution in [-0.4, -0.2) is 30.1 Å². The molecule has 0 bridgehead atoms. The zero-order valence-electron chi connectivity index (χ0n) is 12.1. The van der Waals surface area contributed by atoms with Crippen molar-refractivity contribution >= 4 is 0 Å². The SMILES string of the molecule is CCN(CC1CCC1)C1(CN)Cc2ccccc2C1. The molecule has 19 heavy (non-hydrogen) atoms. The molecule has 2 heteroatoms. The van der Waals surface area contributed by atoms with E-state index < -0.39 is 0 Å². The number of benzene rings is 1. The van der Waals surface area contributed by atoms with Crippen LogP contribution in [0.4, 0.5) is 0 Å². The van der Waals surface area contributed by atoms with Crippen LogP contribution in [0, 0.1) is 5.92 Å². The van der Waals surface area contributed by atoms with E-state index in [4.69, 9.17) is 5.73 Å². The van der Waals surface area contributed by atoms with Crippen LogP contribution in [0.1, 0.15) is 37.3 Å². The van der Waals surface area contributed by atoms with Gasteiger partial charge in [-0.25, -0.2) is 0 Å². The van der Waals surface area contributed by atoms with Gasteiger partial charge in [0.25, 0.3) is 0 Å². The molecular weight excluding hydrogens is 232 g/mol. The molecule has 1 aromatic rings. The first-order valence-corrected chi connectivity index (χ1v) is 7.79. The third-order valence-electron chi connectivity index (χ3n) is 5.29. The van der Waals surface area contributed by atoms with Crippen molar-refractivity contribution in [2.75, 3.05) is 19.6 Å². The molecule has 1 aromatic carbocycles. The summed E-state index contributed by atoms with van der Waals surface area (Å²) in [6, 6.07) is 8.88. The number of rotatable bonds is 5. The van der Waals surface area contributed by atoms with E-state index in [1.165, 1.54) is 36.9 Å². The molecule has 2 N–H and O–H groups in total. The fourth-order valence-electron chi connectivity index (χ4n) is 3.82. The molecule has 0 spiro atoms. The fraction of sp³-hybridized carbons (Fsp3) is 0.647. The summed E-state index contributed by atoms with van der Waals surface area (Å²) >= 11 is 0. The molecule has 0 radical (unpaired) electrons. The number of nitrogens with zero attached hydrogens (tertiary/aromatic N) is 1. The van der Waals surface area contributed by atoms with Gasteiger partial charge >= 0.3 is 0 Å². The van der Waals surface area contributed by atoms with Gasteiger partial charge in [0, 0.05) is 18.6 Å². The predicted molar refractivity (Wildman–Crippen MR) is 80.2 cm³/mol. The highest BCUT2D eigenvalue weighted by Gasteiger charge is 2.41. The summed E-state index contributed by atoms with van der Waals surface area (Å²) in [6.07, 6.45) is 6.55. The van der Waals surface area contributed by atoms with Gasteiger partial charge in [-0.1, -0.05) is 37.6 Å². The zero-order valence-corrected chi connectivity index (χ0v) is 12.1. The largest absolute Gasteiger partial charge is 0.329 e. The fourth-order valence-corrected chi connectivity index (χ4v) is 3.82. The van der Waals surface area contributed by atoms with E-state index in [9.17, 15) is 0 Å². The van der Waals surface area contributed by atoms with Crippen LogP contribution in [0.2, 0.25) is 0 Å². The Balaban J connectivity index is 1.79. The van der Waals surface area contributed by atoms with Gasteiger partial charge < -0.3 is 5.73 Å². The van der Waals surface area contributed by atoms with Gasteiger partial charge in [0.05, 0.1) is 0 Å². The highest BCUT2D eigenvalue weighted by atomic mass is 15.2. The molecule has 3 rings (SSSR count). The molecule has 104 valence electrons. The number of hydrogen-bond acceptors (Lipinski definition) is 2. The van der Waals surface area contributed by atoms with Gasteiger partial charge in [0.2, 0.25) is 0 Å². The molecule has 0 unspecified atom stereocenters. The minimum atomic E-state index is 0.189. The van der Waals surface area contributed by atoms with Crippen molar-refractivity contribution in [3.05, 3.63) is 35.4 Å². The Kier molecular flexibility index (Phi) is 3.64. The van der Waals surface area contributed by atoms with Gasteiger partial charge in [-0.2, -0.15) is 0 Å². The number of hydrogen-bond donors (Lipinski definition) is 1. The zero-order chi connectivity index (χ0) is 13.3. The lowest BCUT2D eigenvalue weighted by atomic mass is 9.83. The summed E-state index contributed by atoms with van der Waals surface area (Å²) in [5.41, 5.74) is 9.43. The topological polar surface area (TPSA) is 29.3 Å². The molecule has 1 fully saturated rings. The maximum absolute atomic E-state index is 6.22. The number of nitrogens with two attached hydrogens (primary N) is 1. The van der Waals surface area contributed by atoms with Crippen LogP contribution in [0.25, 0.3) is 0 Å². The summed E-state index contributed by atoms with van der Waals surface area (Å²) in [7, 11) is 0. The molecule has 2 nitrogen and oxygen atoms in total. The maximum atomic E-state index is 6.22. The minimum absolute atomic E-state index is 0.189. The van der Waals surface area contributed by atoms with Crippen molar-refractivity contribution in [1.29, 1.82) is 0 Å². The summed E-state index contributed by atoms with van der Waals surface area (Å²) in [4.78, 5) is 2.68. The summed E-state index contributed by atoms with van der Waals surface area (Å²) < 4.78 is 0. The molecule has 2 aliphatic carbocycles. The van der Waals surface area contributed by atoms with Crippen LogP contribution in [0.5, 0.6) is 0 Å². The van der Waals surface area contributed by atoms with Crippen molar-refractivity contribution in [2.45, 2.75) is 44.6 Å².